The molecule has 0 bridgehead atoms. The van der Waals surface area contributed by atoms with E-state index in [4.69, 9.17) is 5.26 Å². The molecule has 0 spiro atoms. The summed E-state index contributed by atoms with van der Waals surface area (Å²) in [6.07, 6.45) is 3.09. The van der Waals surface area contributed by atoms with Crippen LogP contribution in [-0.2, 0) is 6.42 Å². The van der Waals surface area contributed by atoms with E-state index in [1.54, 1.807) is 42.1 Å². The third kappa shape index (κ3) is 4.87. The summed E-state index contributed by atoms with van der Waals surface area (Å²) in [7, 11) is 0. The number of para-hydroxylation sites is 1. The Morgan fingerprint density at radius 2 is 1.78 bits per heavy atom. The fraction of sp³-hybridized carbons (Fsp3) is 0.0690. The van der Waals surface area contributed by atoms with E-state index in [1.165, 1.54) is 18.5 Å². The molecule has 12 heteroatoms. The summed E-state index contributed by atoms with van der Waals surface area (Å²) in [5.74, 6) is -1.54. The van der Waals surface area contributed by atoms with Crippen LogP contribution in [-0.4, -0.2) is 24.5 Å². The lowest BCUT2D eigenvalue weighted by Crippen LogP contribution is -2.05. The monoisotopic (exact) mass is 568 g/mol. The molecule has 0 saturated heterocycles. The Morgan fingerprint density at radius 1 is 0.927 bits per heavy atom. The lowest BCUT2D eigenvalue weighted by Gasteiger charge is -2.14. The van der Waals surface area contributed by atoms with Gasteiger partial charge in [0, 0.05) is 10.5 Å². The Morgan fingerprint density at radius 3 is 2.63 bits per heavy atom. The topological polar surface area (TPSA) is 104 Å². The van der Waals surface area contributed by atoms with Crippen LogP contribution in [0.5, 0.6) is 0 Å². The number of nitrogens with zero attached hydrogens (tertiary/aromatic N) is 6. The zero-order chi connectivity index (χ0) is 28.5. The molecule has 41 heavy (non-hydrogen) atoms. The van der Waals surface area contributed by atoms with Gasteiger partial charge in [-0.1, -0.05) is 18.2 Å². The number of aromatic nitrogens is 5. The van der Waals surface area contributed by atoms with E-state index in [-0.39, 0.29) is 29.3 Å². The smallest absolute Gasteiger partial charge is 0.173 e. The fourth-order valence-electron chi connectivity index (χ4n) is 4.34. The second-order valence-electron chi connectivity index (χ2n) is 8.97. The number of pyridine rings is 1. The lowest BCUT2D eigenvalue weighted by atomic mass is 10.1. The average molecular weight is 569 g/mol. The first-order valence-electron chi connectivity index (χ1n) is 12.3. The summed E-state index contributed by atoms with van der Waals surface area (Å²) < 4.78 is 48.9. The Balaban J connectivity index is 1.35. The van der Waals surface area contributed by atoms with Gasteiger partial charge in [0.2, 0.25) is 0 Å². The highest BCUT2D eigenvalue weighted by Crippen LogP contribution is 2.33. The standard InChI is InChI=1S/C29H19F3N8S/c1-16-18(30)5-3-7-23(16)41-39-20-9-8-19(31)27(25(20)32)38-29-28-21(34-14-35-29)10-11-24(37-28)40-15-36-26-17(12-13-33)4-2-6-22(26)40/h2-11,14-15,39H,12H2,1H3,(H,34,35,38). The highest BCUT2D eigenvalue weighted by atomic mass is 32.2. The third-order valence-corrected chi connectivity index (χ3v) is 7.45. The summed E-state index contributed by atoms with van der Waals surface area (Å²) in [4.78, 5) is 18.2. The van der Waals surface area contributed by atoms with Gasteiger partial charge >= 0.3 is 0 Å². The van der Waals surface area contributed by atoms with Gasteiger partial charge in [-0.25, -0.2) is 33.1 Å². The number of hydrogen-bond acceptors (Lipinski definition) is 8. The summed E-state index contributed by atoms with van der Waals surface area (Å²) in [6, 6.07) is 18.1. The van der Waals surface area contributed by atoms with Crippen molar-refractivity contribution in [1.29, 1.82) is 5.26 Å². The number of halogens is 3. The molecule has 0 saturated carbocycles. The molecule has 2 N–H and O–H groups in total. The molecule has 0 unspecified atom stereocenters. The van der Waals surface area contributed by atoms with Gasteiger partial charge in [0.1, 0.15) is 41.3 Å². The molecule has 6 aromatic rings. The van der Waals surface area contributed by atoms with Crippen LogP contribution in [0.15, 0.2) is 78.2 Å². The number of nitriles is 1. The van der Waals surface area contributed by atoms with E-state index >= 15 is 4.39 Å². The summed E-state index contributed by atoms with van der Waals surface area (Å²) in [5, 5.41) is 11.9. The van der Waals surface area contributed by atoms with Gasteiger partial charge in [0.05, 0.1) is 34.7 Å². The van der Waals surface area contributed by atoms with E-state index in [0.717, 1.165) is 29.1 Å². The van der Waals surface area contributed by atoms with Crippen molar-refractivity contribution in [3.8, 4) is 11.9 Å². The maximum absolute atomic E-state index is 15.5. The van der Waals surface area contributed by atoms with E-state index < -0.39 is 17.3 Å². The molecular weight excluding hydrogens is 549 g/mol. The van der Waals surface area contributed by atoms with Crippen LogP contribution in [0.25, 0.3) is 27.9 Å². The fourth-order valence-corrected chi connectivity index (χ4v) is 5.11. The predicted molar refractivity (Wildman–Crippen MR) is 152 cm³/mol. The van der Waals surface area contributed by atoms with E-state index in [2.05, 4.69) is 36.0 Å². The van der Waals surface area contributed by atoms with Gasteiger partial charge in [0.25, 0.3) is 0 Å². The van der Waals surface area contributed by atoms with Crippen molar-refractivity contribution in [3.05, 3.63) is 102 Å². The molecule has 0 aliphatic carbocycles. The number of anilines is 3. The van der Waals surface area contributed by atoms with Gasteiger partial charge in [-0.2, -0.15) is 5.26 Å². The zero-order valence-electron chi connectivity index (χ0n) is 21.4. The summed E-state index contributed by atoms with van der Waals surface area (Å²) in [5.41, 5.74) is 2.92. The normalized spacial score (nSPS) is 11.1. The summed E-state index contributed by atoms with van der Waals surface area (Å²) in [6.45, 7) is 1.62. The molecule has 3 heterocycles. The number of benzene rings is 3. The lowest BCUT2D eigenvalue weighted by molar-refractivity contribution is 0.593. The number of nitrogens with one attached hydrogen (secondary N) is 2. The molecule has 0 radical (unpaired) electrons. The molecule has 202 valence electrons. The highest BCUT2D eigenvalue weighted by molar-refractivity contribution is 8.00. The maximum Gasteiger partial charge on any atom is 0.173 e. The minimum absolute atomic E-state index is 0.00682. The van der Waals surface area contributed by atoms with Gasteiger partial charge in [0.15, 0.2) is 11.6 Å². The minimum Gasteiger partial charge on any atom is -0.333 e. The number of rotatable bonds is 7. The van der Waals surface area contributed by atoms with Crippen molar-refractivity contribution >= 4 is 51.2 Å². The van der Waals surface area contributed by atoms with Crippen molar-refractivity contribution in [3.63, 3.8) is 0 Å². The average Bonchev–Trinajstić information content (AvgIpc) is 3.42. The van der Waals surface area contributed by atoms with Crippen molar-refractivity contribution in [2.24, 2.45) is 0 Å². The maximum atomic E-state index is 15.5. The van der Waals surface area contributed by atoms with Crippen LogP contribution < -0.4 is 10.0 Å². The van der Waals surface area contributed by atoms with E-state index in [1.807, 2.05) is 18.2 Å². The van der Waals surface area contributed by atoms with Crippen LogP contribution in [0.2, 0.25) is 0 Å². The molecule has 6 rings (SSSR count). The largest absolute Gasteiger partial charge is 0.333 e. The first-order valence-corrected chi connectivity index (χ1v) is 13.1. The predicted octanol–water partition coefficient (Wildman–Crippen LogP) is 7.02. The Hall–Kier alpha value is -5.15. The summed E-state index contributed by atoms with van der Waals surface area (Å²) >= 11 is 1.01. The van der Waals surface area contributed by atoms with Crippen molar-refractivity contribution in [2.75, 3.05) is 10.0 Å². The SMILES string of the molecule is Cc1c(F)cccc1SNc1ccc(F)c(Nc2ncnc3ccc(-n4cnc5c(CC#N)cccc54)nc23)c1F. The van der Waals surface area contributed by atoms with Gasteiger partial charge in [-0.15, -0.1) is 0 Å². The Bertz CT molecular complexity index is 1990. The quantitative estimate of drug-likeness (QED) is 0.198. The third-order valence-electron chi connectivity index (χ3n) is 6.47. The van der Waals surface area contributed by atoms with Crippen molar-refractivity contribution in [2.45, 2.75) is 18.2 Å². The number of imidazole rings is 1. The Kier molecular flexibility index (Phi) is 6.86. The Labute approximate surface area is 236 Å². The minimum atomic E-state index is -0.889. The van der Waals surface area contributed by atoms with Gasteiger partial charge in [-0.3, -0.25) is 4.57 Å². The van der Waals surface area contributed by atoms with Crippen LogP contribution in [0.3, 0.4) is 0 Å². The van der Waals surface area contributed by atoms with Crippen LogP contribution in [0.1, 0.15) is 11.1 Å². The molecule has 0 atom stereocenters. The first-order chi connectivity index (χ1) is 19.9. The van der Waals surface area contributed by atoms with Crippen molar-refractivity contribution in [1.82, 2.24) is 24.5 Å². The van der Waals surface area contributed by atoms with Crippen LogP contribution >= 0.6 is 11.9 Å². The molecule has 0 aliphatic heterocycles. The molecular formula is C29H19F3N8S. The molecule has 0 fully saturated rings. The van der Waals surface area contributed by atoms with E-state index in [0.29, 0.717) is 27.3 Å². The highest BCUT2D eigenvalue weighted by Gasteiger charge is 2.18. The van der Waals surface area contributed by atoms with Crippen LogP contribution in [0.4, 0.5) is 30.4 Å². The molecule has 0 amide bonds. The molecule has 3 aromatic heterocycles. The van der Waals surface area contributed by atoms with Crippen molar-refractivity contribution < 1.29 is 13.2 Å². The molecule has 0 aliphatic rings. The number of hydrogen-bond donors (Lipinski definition) is 2. The van der Waals surface area contributed by atoms with Gasteiger partial charge in [-0.05, 0) is 66.9 Å². The second-order valence-corrected chi connectivity index (χ2v) is 9.82. The second kappa shape index (κ2) is 10.8. The number of fused-ring (bicyclic) bond motifs is 2. The molecule has 3 aromatic carbocycles. The van der Waals surface area contributed by atoms with E-state index in [9.17, 15) is 8.78 Å². The molecule has 8 nitrogen and oxygen atoms in total. The van der Waals surface area contributed by atoms with Gasteiger partial charge < -0.3 is 10.0 Å². The van der Waals surface area contributed by atoms with Crippen LogP contribution in [0, 0.1) is 35.7 Å². The zero-order valence-corrected chi connectivity index (χ0v) is 22.2. The first kappa shape index (κ1) is 26.1.